The van der Waals surface area contributed by atoms with Crippen molar-refractivity contribution in [3.05, 3.63) is 112 Å². The molecule has 2 aliphatic carbocycles. The van der Waals surface area contributed by atoms with Crippen LogP contribution in [0.3, 0.4) is 0 Å². The van der Waals surface area contributed by atoms with E-state index >= 15 is 0 Å². The average Bonchev–Trinajstić information content (AvgIpc) is 3.07. The first-order valence-electron chi connectivity index (χ1n) is 13.1. The van der Waals surface area contributed by atoms with E-state index in [1.807, 2.05) is 60.4 Å². The summed E-state index contributed by atoms with van der Waals surface area (Å²) in [5.74, 6) is 0.176. The molecule has 39 heavy (non-hydrogen) atoms. The lowest BCUT2D eigenvalue weighted by Gasteiger charge is -2.38. The second kappa shape index (κ2) is 9.09. The van der Waals surface area contributed by atoms with Gasteiger partial charge in [-0.1, -0.05) is 62.4 Å². The van der Waals surface area contributed by atoms with E-state index in [0.717, 1.165) is 22.6 Å². The Morgan fingerprint density at radius 1 is 0.872 bits per heavy atom. The van der Waals surface area contributed by atoms with E-state index in [2.05, 4.69) is 19.2 Å². The summed E-state index contributed by atoms with van der Waals surface area (Å²) in [5.41, 5.74) is 5.28. The molecule has 1 heterocycles. The molecule has 0 saturated heterocycles. The highest BCUT2D eigenvalue weighted by Gasteiger charge is 2.44. The minimum Gasteiger partial charge on any atom is -0.497 e. The van der Waals surface area contributed by atoms with Crippen molar-refractivity contribution in [2.45, 2.75) is 39.7 Å². The maximum atomic E-state index is 14.0. The number of nitrogens with zero attached hydrogens (tertiary/aromatic N) is 1. The van der Waals surface area contributed by atoms with Crippen LogP contribution in [0, 0.1) is 5.41 Å². The second-order valence-electron chi connectivity index (χ2n) is 11.2. The number of nitrogens with one attached hydrogen (secondary N) is 1. The number of ether oxygens (including phenoxy) is 1. The molecular weight excluding hydrogens is 488 g/mol. The van der Waals surface area contributed by atoms with Gasteiger partial charge in [0.2, 0.25) is 0 Å². The maximum Gasteiger partial charge on any atom is 0.199 e. The number of hydrogen-bond donors (Lipinski definition) is 1. The molecule has 1 atom stereocenters. The predicted octanol–water partition coefficient (Wildman–Crippen LogP) is 6.66. The van der Waals surface area contributed by atoms with Crippen LogP contribution < -0.4 is 15.0 Å². The van der Waals surface area contributed by atoms with Gasteiger partial charge in [0.25, 0.3) is 0 Å². The van der Waals surface area contributed by atoms with Crippen molar-refractivity contribution >= 4 is 28.7 Å². The Bertz CT molecular complexity index is 1570. The molecule has 6 rings (SSSR count). The van der Waals surface area contributed by atoms with Crippen LogP contribution in [0.1, 0.15) is 65.9 Å². The molecule has 0 saturated carbocycles. The summed E-state index contributed by atoms with van der Waals surface area (Å²) >= 11 is 0. The van der Waals surface area contributed by atoms with Crippen molar-refractivity contribution in [1.29, 1.82) is 0 Å². The van der Waals surface area contributed by atoms with Gasteiger partial charge < -0.3 is 15.0 Å². The van der Waals surface area contributed by atoms with Crippen LogP contribution in [-0.2, 0) is 4.79 Å². The van der Waals surface area contributed by atoms with Gasteiger partial charge in [-0.15, -0.1) is 0 Å². The van der Waals surface area contributed by atoms with Crippen LogP contribution >= 0.6 is 0 Å². The molecule has 3 aromatic rings. The zero-order valence-electron chi connectivity index (χ0n) is 22.5. The lowest BCUT2D eigenvalue weighted by atomic mass is 9.73. The molecule has 6 nitrogen and oxygen atoms in total. The minimum atomic E-state index is -0.553. The number of ketones is 3. The van der Waals surface area contributed by atoms with Crippen molar-refractivity contribution in [3.8, 4) is 5.75 Å². The Morgan fingerprint density at radius 3 is 2.13 bits per heavy atom. The van der Waals surface area contributed by atoms with E-state index in [1.54, 1.807) is 31.4 Å². The summed E-state index contributed by atoms with van der Waals surface area (Å²) in [4.78, 5) is 43.2. The molecule has 0 bridgehead atoms. The normalized spacial score (nSPS) is 19.7. The Morgan fingerprint density at radius 2 is 1.49 bits per heavy atom. The van der Waals surface area contributed by atoms with Crippen LogP contribution in [0.25, 0.3) is 0 Å². The zero-order chi connectivity index (χ0) is 27.5. The molecule has 3 aromatic carbocycles. The fraction of sp³-hybridized carbons (Fsp3) is 0.242. The molecule has 0 amide bonds. The SMILES string of the molecule is COc1ccc(C2C3=C(CC(C)(C)CC3=O)Nc3ccccc3N2C(C)=C2C(=O)c3ccccc3C2=O)cc1. The number of methoxy groups -OCH3 is 1. The summed E-state index contributed by atoms with van der Waals surface area (Å²) in [7, 11) is 1.62. The zero-order valence-corrected chi connectivity index (χ0v) is 22.5. The van der Waals surface area contributed by atoms with Crippen molar-refractivity contribution in [2.75, 3.05) is 17.3 Å². The second-order valence-corrected chi connectivity index (χ2v) is 11.2. The van der Waals surface area contributed by atoms with Crippen LogP contribution in [-0.4, -0.2) is 24.5 Å². The van der Waals surface area contributed by atoms with E-state index < -0.39 is 6.04 Å². The summed E-state index contributed by atoms with van der Waals surface area (Å²) < 4.78 is 5.41. The summed E-state index contributed by atoms with van der Waals surface area (Å²) in [6.45, 7) is 6.02. The molecule has 196 valence electrons. The third kappa shape index (κ3) is 3.98. The number of anilines is 2. The fourth-order valence-electron chi connectivity index (χ4n) is 6.16. The quantitative estimate of drug-likeness (QED) is 0.309. The van der Waals surface area contributed by atoms with Crippen LogP contribution in [0.4, 0.5) is 11.4 Å². The lowest BCUT2D eigenvalue weighted by Crippen LogP contribution is -2.36. The Hall–Kier alpha value is -4.45. The third-order valence-electron chi connectivity index (χ3n) is 7.93. The van der Waals surface area contributed by atoms with Gasteiger partial charge in [0.05, 0.1) is 30.1 Å². The van der Waals surface area contributed by atoms with Gasteiger partial charge in [-0.25, -0.2) is 0 Å². The van der Waals surface area contributed by atoms with Gasteiger partial charge in [0.15, 0.2) is 17.3 Å². The molecule has 1 unspecified atom stereocenters. The number of rotatable bonds is 3. The highest BCUT2D eigenvalue weighted by molar-refractivity contribution is 6.40. The van der Waals surface area contributed by atoms with Gasteiger partial charge >= 0.3 is 0 Å². The number of benzene rings is 3. The standard InChI is InChI=1S/C33H30N2O4/c1-19(28-31(37)22-9-5-6-10-23(22)32(28)38)35-26-12-8-7-11-24(26)34-25-17-33(2,3)18-27(36)29(25)30(35)20-13-15-21(39-4)16-14-20/h5-16,30,34H,17-18H2,1-4H3. The molecular formula is C33H30N2O4. The molecule has 1 aliphatic heterocycles. The molecule has 0 aromatic heterocycles. The first-order valence-corrected chi connectivity index (χ1v) is 13.1. The number of carbonyl (C=O) groups is 3. The highest BCUT2D eigenvalue weighted by Crippen LogP contribution is 2.50. The van der Waals surface area contributed by atoms with E-state index in [-0.39, 0.29) is 28.3 Å². The van der Waals surface area contributed by atoms with Crippen LogP contribution in [0.5, 0.6) is 5.75 Å². The Kier molecular flexibility index (Phi) is 5.79. The molecule has 1 N–H and O–H groups in total. The average molecular weight is 519 g/mol. The molecule has 0 spiro atoms. The summed E-state index contributed by atoms with van der Waals surface area (Å²) in [6.07, 6.45) is 1.10. The summed E-state index contributed by atoms with van der Waals surface area (Å²) in [5, 5.41) is 3.58. The Balaban J connectivity index is 1.64. The van der Waals surface area contributed by atoms with Crippen LogP contribution in [0.15, 0.2) is 95.3 Å². The highest BCUT2D eigenvalue weighted by atomic mass is 16.5. The number of allylic oxidation sites excluding steroid dienone is 3. The predicted molar refractivity (Wildman–Crippen MR) is 151 cm³/mol. The van der Waals surface area contributed by atoms with Crippen molar-refractivity contribution < 1.29 is 19.1 Å². The number of para-hydroxylation sites is 2. The summed E-state index contributed by atoms with van der Waals surface area (Å²) in [6, 6.07) is 21.8. The molecule has 0 radical (unpaired) electrons. The number of hydrogen-bond acceptors (Lipinski definition) is 6. The van der Waals surface area contributed by atoms with E-state index in [1.165, 1.54) is 0 Å². The smallest absolute Gasteiger partial charge is 0.199 e. The number of Topliss-reactive ketones (excluding diaryl/α,β-unsaturated/α-hetero) is 3. The lowest BCUT2D eigenvalue weighted by molar-refractivity contribution is -0.118. The monoisotopic (exact) mass is 518 g/mol. The topological polar surface area (TPSA) is 75.7 Å². The van der Waals surface area contributed by atoms with Gasteiger partial charge in [0, 0.05) is 34.5 Å². The first-order chi connectivity index (χ1) is 18.7. The molecule has 6 heteroatoms. The van der Waals surface area contributed by atoms with Crippen molar-refractivity contribution in [3.63, 3.8) is 0 Å². The van der Waals surface area contributed by atoms with Gasteiger partial charge in [-0.05, 0) is 48.6 Å². The van der Waals surface area contributed by atoms with Gasteiger partial charge in [-0.2, -0.15) is 0 Å². The van der Waals surface area contributed by atoms with Crippen molar-refractivity contribution in [2.24, 2.45) is 5.41 Å². The third-order valence-corrected chi connectivity index (χ3v) is 7.93. The number of carbonyl (C=O) groups excluding carboxylic acids is 3. The van der Waals surface area contributed by atoms with Crippen LogP contribution in [0.2, 0.25) is 0 Å². The Labute approximate surface area is 228 Å². The first kappa shape index (κ1) is 24.9. The van der Waals surface area contributed by atoms with Gasteiger partial charge in [-0.3, -0.25) is 14.4 Å². The van der Waals surface area contributed by atoms with E-state index in [9.17, 15) is 14.4 Å². The van der Waals surface area contributed by atoms with E-state index in [4.69, 9.17) is 4.74 Å². The van der Waals surface area contributed by atoms with Crippen molar-refractivity contribution in [1.82, 2.24) is 0 Å². The van der Waals surface area contributed by atoms with E-state index in [0.29, 0.717) is 41.0 Å². The molecule has 3 aliphatic rings. The largest absolute Gasteiger partial charge is 0.497 e. The number of fused-ring (bicyclic) bond motifs is 2. The fourth-order valence-corrected chi connectivity index (χ4v) is 6.16. The van der Waals surface area contributed by atoms with Gasteiger partial charge in [0.1, 0.15) is 5.75 Å². The minimum absolute atomic E-state index is 0.0533. The maximum absolute atomic E-state index is 14.0. The molecule has 0 fully saturated rings.